The van der Waals surface area contributed by atoms with Gasteiger partial charge in [0.25, 0.3) is 5.91 Å². The number of carbonyl (C=O) groups excluding carboxylic acids is 1. The Morgan fingerprint density at radius 2 is 1.89 bits per heavy atom. The molecular formula is C22H31ClN2O2S. The molecule has 4 nitrogen and oxygen atoms in total. The molecular weight excluding hydrogens is 392 g/mol. The van der Waals surface area contributed by atoms with Crippen LogP contribution < -0.4 is 10.6 Å². The van der Waals surface area contributed by atoms with E-state index in [-0.39, 0.29) is 16.6 Å². The fourth-order valence-corrected chi connectivity index (χ4v) is 7.13. The first-order chi connectivity index (χ1) is 13.6. The number of hydrogen-bond donors (Lipinski definition) is 2. The largest absolute Gasteiger partial charge is 0.351 e. The van der Waals surface area contributed by atoms with Crippen LogP contribution in [0.3, 0.4) is 0 Å². The third kappa shape index (κ3) is 4.47. The molecule has 1 aromatic rings. The zero-order chi connectivity index (χ0) is 19.6. The van der Waals surface area contributed by atoms with Gasteiger partial charge in [-0.05, 0) is 74.7 Å². The standard InChI is InChI=1S/C22H31ClN2O2S/c23-20-6-5-18(28(27)17-7-11-24-12-8-17)13-19(20)21(26)25-15-22-9-1-3-16(14-22)4-2-10-22/h5-6,13,16-17,24H,1-4,7-12,14-15H2,(H,25,26). The van der Waals surface area contributed by atoms with Crippen LogP contribution in [0, 0.1) is 11.3 Å². The van der Waals surface area contributed by atoms with E-state index in [2.05, 4.69) is 10.6 Å². The number of piperidine rings is 1. The summed E-state index contributed by atoms with van der Waals surface area (Å²) in [6.07, 6.45) is 10.8. The van der Waals surface area contributed by atoms with Crippen molar-refractivity contribution in [1.82, 2.24) is 10.6 Å². The Morgan fingerprint density at radius 3 is 2.61 bits per heavy atom. The zero-order valence-corrected chi connectivity index (χ0v) is 18.0. The van der Waals surface area contributed by atoms with Gasteiger partial charge in [0.1, 0.15) is 0 Å². The van der Waals surface area contributed by atoms with Gasteiger partial charge in [0.2, 0.25) is 0 Å². The maximum atomic E-state index is 12.9. The molecule has 2 aliphatic carbocycles. The number of halogens is 1. The second-order valence-electron chi connectivity index (χ2n) is 8.93. The molecule has 1 amide bonds. The summed E-state index contributed by atoms with van der Waals surface area (Å²) in [6, 6.07) is 5.28. The Balaban J connectivity index is 1.44. The first-order valence-electron chi connectivity index (χ1n) is 10.8. The Kier molecular flexibility index (Phi) is 6.43. The molecule has 3 aliphatic rings. The van der Waals surface area contributed by atoms with Crippen molar-refractivity contribution in [3.8, 4) is 0 Å². The summed E-state index contributed by atoms with van der Waals surface area (Å²) in [7, 11) is -1.10. The molecule has 1 aliphatic heterocycles. The highest BCUT2D eigenvalue weighted by Crippen LogP contribution is 2.48. The van der Waals surface area contributed by atoms with Gasteiger partial charge >= 0.3 is 0 Å². The van der Waals surface area contributed by atoms with Gasteiger partial charge in [-0.2, -0.15) is 0 Å². The van der Waals surface area contributed by atoms with Crippen LogP contribution in [0.1, 0.15) is 68.1 Å². The lowest BCUT2D eigenvalue weighted by Gasteiger charge is -2.45. The first kappa shape index (κ1) is 20.4. The average molecular weight is 423 g/mol. The topological polar surface area (TPSA) is 58.2 Å². The Bertz CT molecular complexity index is 738. The number of fused-ring (bicyclic) bond motifs is 2. The van der Waals surface area contributed by atoms with E-state index in [0.29, 0.717) is 10.6 Å². The zero-order valence-electron chi connectivity index (χ0n) is 16.5. The smallest absolute Gasteiger partial charge is 0.252 e. The lowest BCUT2D eigenvalue weighted by molar-refractivity contribution is 0.0681. The summed E-state index contributed by atoms with van der Waals surface area (Å²) in [4.78, 5) is 13.6. The lowest BCUT2D eigenvalue weighted by Crippen LogP contribution is -2.43. The molecule has 0 spiro atoms. The summed E-state index contributed by atoms with van der Waals surface area (Å²) < 4.78 is 12.9. The Hall–Kier alpha value is -0.910. The van der Waals surface area contributed by atoms with Crippen LogP contribution in [0.5, 0.6) is 0 Å². The van der Waals surface area contributed by atoms with Crippen molar-refractivity contribution in [2.45, 2.75) is 67.9 Å². The summed E-state index contributed by atoms with van der Waals surface area (Å²) in [5, 5.41) is 7.06. The molecule has 6 heteroatoms. The minimum atomic E-state index is -1.10. The monoisotopic (exact) mass is 422 g/mol. The molecule has 4 rings (SSSR count). The van der Waals surface area contributed by atoms with Crippen molar-refractivity contribution >= 4 is 28.3 Å². The second kappa shape index (κ2) is 8.85. The number of nitrogens with one attached hydrogen (secondary N) is 2. The third-order valence-electron chi connectivity index (χ3n) is 6.99. The van der Waals surface area contributed by atoms with E-state index in [1.54, 1.807) is 12.1 Å². The van der Waals surface area contributed by atoms with Gasteiger partial charge in [-0.15, -0.1) is 0 Å². The van der Waals surface area contributed by atoms with Gasteiger partial charge in [0, 0.05) is 16.7 Å². The van der Waals surface area contributed by atoms with Gasteiger partial charge in [-0.1, -0.05) is 37.3 Å². The third-order valence-corrected chi connectivity index (χ3v) is 9.11. The van der Waals surface area contributed by atoms with E-state index in [0.717, 1.165) is 43.3 Å². The van der Waals surface area contributed by atoms with E-state index < -0.39 is 10.8 Å². The predicted molar refractivity (Wildman–Crippen MR) is 114 cm³/mol. The van der Waals surface area contributed by atoms with Crippen molar-refractivity contribution in [3.05, 3.63) is 28.8 Å². The van der Waals surface area contributed by atoms with Crippen LogP contribution in [0.4, 0.5) is 0 Å². The van der Waals surface area contributed by atoms with Crippen molar-refractivity contribution in [1.29, 1.82) is 0 Å². The molecule has 1 unspecified atom stereocenters. The molecule has 1 aromatic carbocycles. The quantitative estimate of drug-likeness (QED) is 0.744. The molecule has 2 saturated carbocycles. The van der Waals surface area contributed by atoms with E-state index >= 15 is 0 Å². The van der Waals surface area contributed by atoms with Gasteiger partial charge in [-0.25, -0.2) is 0 Å². The second-order valence-corrected chi connectivity index (χ2v) is 11.1. The van der Waals surface area contributed by atoms with E-state index in [4.69, 9.17) is 11.6 Å². The molecule has 28 heavy (non-hydrogen) atoms. The molecule has 1 atom stereocenters. The van der Waals surface area contributed by atoms with Crippen molar-refractivity contribution in [3.63, 3.8) is 0 Å². The molecule has 2 bridgehead atoms. The van der Waals surface area contributed by atoms with Gasteiger partial charge in [0.05, 0.1) is 21.4 Å². The highest BCUT2D eigenvalue weighted by atomic mass is 35.5. The normalized spacial score (nSPS) is 29.2. The fourth-order valence-electron chi connectivity index (χ4n) is 5.44. The van der Waals surface area contributed by atoms with Crippen molar-refractivity contribution in [2.75, 3.05) is 19.6 Å². The number of carbonyl (C=O) groups is 1. The van der Waals surface area contributed by atoms with Crippen LogP contribution in [-0.2, 0) is 10.8 Å². The predicted octanol–water partition coefficient (Wildman–Crippen LogP) is 4.29. The van der Waals surface area contributed by atoms with Gasteiger partial charge in [0.15, 0.2) is 0 Å². The summed E-state index contributed by atoms with van der Waals surface area (Å²) in [5.74, 6) is 0.718. The number of benzene rings is 1. The van der Waals surface area contributed by atoms with Crippen LogP contribution in [0.15, 0.2) is 23.1 Å². The highest BCUT2D eigenvalue weighted by molar-refractivity contribution is 7.85. The summed E-state index contributed by atoms with van der Waals surface area (Å²) in [5.41, 5.74) is 0.736. The minimum Gasteiger partial charge on any atom is -0.351 e. The molecule has 0 aromatic heterocycles. The Morgan fingerprint density at radius 1 is 1.18 bits per heavy atom. The first-order valence-corrected chi connectivity index (χ1v) is 12.3. The number of hydrogen-bond acceptors (Lipinski definition) is 3. The fraction of sp³-hybridized carbons (Fsp3) is 0.682. The number of rotatable bonds is 5. The van der Waals surface area contributed by atoms with Gasteiger partial charge in [-0.3, -0.25) is 9.00 Å². The van der Waals surface area contributed by atoms with Crippen molar-refractivity contribution in [2.24, 2.45) is 11.3 Å². The number of amides is 1. The maximum absolute atomic E-state index is 12.9. The van der Waals surface area contributed by atoms with Gasteiger partial charge < -0.3 is 10.6 Å². The maximum Gasteiger partial charge on any atom is 0.252 e. The van der Waals surface area contributed by atoms with Crippen LogP contribution in [0.25, 0.3) is 0 Å². The van der Waals surface area contributed by atoms with E-state index in [1.807, 2.05) is 6.07 Å². The van der Waals surface area contributed by atoms with Crippen LogP contribution in [0.2, 0.25) is 5.02 Å². The van der Waals surface area contributed by atoms with Crippen LogP contribution >= 0.6 is 11.6 Å². The summed E-state index contributed by atoms with van der Waals surface area (Å²) >= 11 is 6.34. The lowest BCUT2D eigenvalue weighted by atomic mass is 9.62. The van der Waals surface area contributed by atoms with E-state index in [9.17, 15) is 9.00 Å². The van der Waals surface area contributed by atoms with Crippen LogP contribution in [-0.4, -0.2) is 35.0 Å². The SMILES string of the molecule is O=C(NCC12CCCC(CCC1)C2)c1cc(S(=O)C2CCNCC2)ccc1Cl. The average Bonchev–Trinajstić information content (AvgIpc) is 2.73. The molecule has 2 N–H and O–H groups in total. The Labute approximate surface area is 175 Å². The molecule has 3 fully saturated rings. The highest BCUT2D eigenvalue weighted by Gasteiger charge is 2.39. The van der Waals surface area contributed by atoms with E-state index in [1.165, 1.54) is 44.9 Å². The molecule has 1 heterocycles. The molecule has 0 radical (unpaired) electrons. The summed E-state index contributed by atoms with van der Waals surface area (Å²) in [6.45, 7) is 2.54. The molecule has 1 saturated heterocycles. The van der Waals surface area contributed by atoms with Crippen molar-refractivity contribution < 1.29 is 9.00 Å². The molecule has 154 valence electrons. The minimum absolute atomic E-state index is 0.128.